The number of amides is 1. The van der Waals surface area contributed by atoms with Crippen molar-refractivity contribution in [2.24, 2.45) is 0 Å². The molecule has 1 fully saturated rings. The van der Waals surface area contributed by atoms with Crippen LogP contribution in [0.1, 0.15) is 57.7 Å². The molecule has 1 aliphatic rings. The second-order valence-corrected chi connectivity index (χ2v) is 7.64. The lowest BCUT2D eigenvalue weighted by atomic mass is 9.88. The Labute approximate surface area is 160 Å². The molecule has 0 radical (unpaired) electrons. The average molecular weight is 373 g/mol. The first kappa shape index (κ1) is 19.0. The summed E-state index contributed by atoms with van der Waals surface area (Å²) in [5.74, 6) is 2.07. The van der Waals surface area contributed by atoms with E-state index < -0.39 is 0 Å². The topological polar surface area (TPSA) is 51.0 Å². The lowest BCUT2D eigenvalue weighted by Gasteiger charge is -2.22. The molecule has 0 bridgehead atoms. The summed E-state index contributed by atoms with van der Waals surface area (Å²) in [6.07, 6.45) is 6.18. The minimum Gasteiger partial charge on any atom is -0.343 e. The van der Waals surface area contributed by atoms with E-state index in [-0.39, 0.29) is 5.91 Å². The third kappa shape index (κ3) is 4.29. The van der Waals surface area contributed by atoms with Gasteiger partial charge in [-0.05, 0) is 38.8 Å². The highest BCUT2D eigenvalue weighted by atomic mass is 32.2. The van der Waals surface area contributed by atoms with Crippen LogP contribution >= 0.6 is 11.8 Å². The van der Waals surface area contributed by atoms with Gasteiger partial charge in [0.25, 0.3) is 0 Å². The van der Waals surface area contributed by atoms with E-state index in [1.54, 1.807) is 0 Å². The minimum absolute atomic E-state index is 0.154. The molecule has 0 spiro atoms. The van der Waals surface area contributed by atoms with Crippen LogP contribution in [0.15, 0.2) is 35.5 Å². The van der Waals surface area contributed by atoms with Gasteiger partial charge in [0.1, 0.15) is 5.82 Å². The largest absolute Gasteiger partial charge is 0.343 e. The van der Waals surface area contributed by atoms with E-state index in [4.69, 9.17) is 0 Å². The zero-order valence-corrected chi connectivity index (χ0v) is 16.5. The van der Waals surface area contributed by atoms with E-state index in [0.29, 0.717) is 11.7 Å². The van der Waals surface area contributed by atoms with Crippen molar-refractivity contribution in [3.8, 4) is 5.69 Å². The maximum Gasteiger partial charge on any atom is 0.233 e. The Morgan fingerprint density at radius 3 is 2.46 bits per heavy atom. The van der Waals surface area contributed by atoms with Gasteiger partial charge in [0.2, 0.25) is 5.91 Å². The SMILES string of the molecule is CCN(CC)C(=O)CSc1nnc(C2CCCCC2)n1-c1ccccc1. The van der Waals surface area contributed by atoms with E-state index in [1.165, 1.54) is 43.9 Å². The molecule has 0 unspecified atom stereocenters. The standard InChI is InChI=1S/C20H28N4OS/c1-3-23(4-2)18(25)15-26-20-22-21-19(16-11-7-5-8-12-16)24(20)17-13-9-6-10-14-17/h6,9-10,13-14,16H,3-5,7-8,11-12,15H2,1-2H3. The molecule has 26 heavy (non-hydrogen) atoms. The molecular weight excluding hydrogens is 344 g/mol. The monoisotopic (exact) mass is 372 g/mol. The minimum atomic E-state index is 0.154. The predicted octanol–water partition coefficient (Wildman–Crippen LogP) is 4.28. The molecule has 1 aromatic heterocycles. The number of hydrogen-bond acceptors (Lipinski definition) is 4. The Morgan fingerprint density at radius 2 is 1.81 bits per heavy atom. The fourth-order valence-electron chi connectivity index (χ4n) is 3.61. The summed E-state index contributed by atoms with van der Waals surface area (Å²) in [7, 11) is 0. The fourth-order valence-corrected chi connectivity index (χ4v) is 4.48. The Morgan fingerprint density at radius 1 is 1.12 bits per heavy atom. The van der Waals surface area contributed by atoms with Crippen LogP contribution in [0.2, 0.25) is 0 Å². The summed E-state index contributed by atoms with van der Waals surface area (Å²) in [6.45, 7) is 5.52. The number of rotatable bonds is 7. The maximum absolute atomic E-state index is 12.4. The zero-order chi connectivity index (χ0) is 18.4. The molecule has 140 valence electrons. The van der Waals surface area contributed by atoms with Crippen molar-refractivity contribution in [3.05, 3.63) is 36.2 Å². The summed E-state index contributed by atoms with van der Waals surface area (Å²) >= 11 is 1.49. The molecule has 0 saturated heterocycles. The Bertz CT molecular complexity index is 706. The van der Waals surface area contributed by atoms with Crippen LogP contribution in [0.4, 0.5) is 0 Å². The average Bonchev–Trinajstić information content (AvgIpc) is 3.12. The number of benzene rings is 1. The zero-order valence-electron chi connectivity index (χ0n) is 15.7. The second-order valence-electron chi connectivity index (χ2n) is 6.70. The third-order valence-electron chi connectivity index (χ3n) is 5.08. The lowest BCUT2D eigenvalue weighted by Crippen LogP contribution is -2.31. The van der Waals surface area contributed by atoms with Gasteiger partial charge < -0.3 is 4.90 Å². The molecule has 5 nitrogen and oxygen atoms in total. The van der Waals surface area contributed by atoms with E-state index in [9.17, 15) is 4.79 Å². The predicted molar refractivity (Wildman–Crippen MR) is 106 cm³/mol. The smallest absolute Gasteiger partial charge is 0.233 e. The fraction of sp³-hybridized carbons (Fsp3) is 0.550. The first-order valence-corrected chi connectivity index (χ1v) is 10.6. The van der Waals surface area contributed by atoms with Gasteiger partial charge in [-0.2, -0.15) is 0 Å². The molecule has 3 rings (SSSR count). The molecule has 1 heterocycles. The molecule has 1 aliphatic carbocycles. The van der Waals surface area contributed by atoms with Crippen molar-refractivity contribution >= 4 is 17.7 Å². The summed E-state index contributed by atoms with van der Waals surface area (Å²) in [6, 6.07) is 10.3. The molecule has 1 aromatic carbocycles. The Hall–Kier alpha value is -1.82. The summed E-state index contributed by atoms with van der Waals surface area (Å²) < 4.78 is 2.16. The van der Waals surface area contributed by atoms with Crippen LogP contribution in [0.3, 0.4) is 0 Å². The van der Waals surface area contributed by atoms with Crippen LogP contribution < -0.4 is 0 Å². The van der Waals surface area contributed by atoms with Gasteiger partial charge in [-0.15, -0.1) is 10.2 Å². The number of aromatic nitrogens is 3. The van der Waals surface area contributed by atoms with Gasteiger partial charge in [-0.25, -0.2) is 0 Å². The number of nitrogens with zero attached hydrogens (tertiary/aromatic N) is 4. The summed E-state index contributed by atoms with van der Waals surface area (Å²) in [5.41, 5.74) is 1.08. The van der Waals surface area contributed by atoms with Crippen LogP contribution in [0, 0.1) is 0 Å². The first-order chi connectivity index (χ1) is 12.7. The van der Waals surface area contributed by atoms with Crippen molar-refractivity contribution in [1.29, 1.82) is 0 Å². The summed E-state index contributed by atoms with van der Waals surface area (Å²) in [4.78, 5) is 14.2. The number of para-hydroxylation sites is 1. The van der Waals surface area contributed by atoms with E-state index in [0.717, 1.165) is 29.8 Å². The van der Waals surface area contributed by atoms with Crippen molar-refractivity contribution < 1.29 is 4.79 Å². The molecule has 0 atom stereocenters. The number of hydrogen-bond donors (Lipinski definition) is 0. The Balaban J connectivity index is 1.85. The highest BCUT2D eigenvalue weighted by Crippen LogP contribution is 2.34. The van der Waals surface area contributed by atoms with Gasteiger partial charge in [0.15, 0.2) is 5.16 Å². The van der Waals surface area contributed by atoms with Crippen LogP contribution in [-0.2, 0) is 4.79 Å². The van der Waals surface area contributed by atoms with Gasteiger partial charge >= 0.3 is 0 Å². The molecular formula is C20H28N4OS. The first-order valence-electron chi connectivity index (χ1n) is 9.65. The Kier molecular flexibility index (Phi) is 6.72. The van der Waals surface area contributed by atoms with Crippen molar-refractivity contribution in [2.75, 3.05) is 18.8 Å². The highest BCUT2D eigenvalue weighted by Gasteiger charge is 2.25. The van der Waals surface area contributed by atoms with Crippen LogP contribution in [0.25, 0.3) is 5.69 Å². The van der Waals surface area contributed by atoms with Crippen molar-refractivity contribution in [3.63, 3.8) is 0 Å². The normalized spacial score (nSPS) is 15.2. The van der Waals surface area contributed by atoms with E-state index in [1.807, 2.05) is 36.9 Å². The van der Waals surface area contributed by atoms with Gasteiger partial charge in [-0.1, -0.05) is 49.2 Å². The van der Waals surface area contributed by atoms with Crippen molar-refractivity contribution in [1.82, 2.24) is 19.7 Å². The molecule has 6 heteroatoms. The second kappa shape index (κ2) is 9.21. The number of thioether (sulfide) groups is 1. The molecule has 2 aromatic rings. The molecule has 1 saturated carbocycles. The number of carbonyl (C=O) groups is 1. The maximum atomic E-state index is 12.4. The van der Waals surface area contributed by atoms with Gasteiger partial charge in [-0.3, -0.25) is 9.36 Å². The third-order valence-corrected chi connectivity index (χ3v) is 6.00. The molecule has 0 aliphatic heterocycles. The van der Waals surface area contributed by atoms with Gasteiger partial charge in [0, 0.05) is 24.7 Å². The highest BCUT2D eigenvalue weighted by molar-refractivity contribution is 7.99. The van der Waals surface area contributed by atoms with Gasteiger partial charge in [0.05, 0.1) is 5.75 Å². The lowest BCUT2D eigenvalue weighted by molar-refractivity contribution is -0.127. The molecule has 0 N–H and O–H groups in total. The quantitative estimate of drug-likeness (QED) is 0.681. The summed E-state index contributed by atoms with van der Waals surface area (Å²) in [5, 5.41) is 9.82. The van der Waals surface area contributed by atoms with Crippen LogP contribution in [-0.4, -0.2) is 44.4 Å². The number of carbonyl (C=O) groups excluding carboxylic acids is 1. The molecule has 1 amide bonds. The van der Waals surface area contributed by atoms with Crippen molar-refractivity contribution in [2.45, 2.75) is 57.0 Å². The van der Waals surface area contributed by atoms with Crippen LogP contribution in [0.5, 0.6) is 0 Å². The van der Waals surface area contributed by atoms with E-state index in [2.05, 4.69) is 26.9 Å². The van der Waals surface area contributed by atoms with E-state index >= 15 is 0 Å².